The van der Waals surface area contributed by atoms with Crippen LogP contribution in [0.1, 0.15) is 400 Å². The first-order valence-electron chi connectivity index (χ1n) is 36.0. The molecule has 0 aliphatic heterocycles. The van der Waals surface area contributed by atoms with Crippen molar-refractivity contribution < 1.29 is 28.6 Å². The highest BCUT2D eigenvalue weighted by atomic mass is 16.6. The second kappa shape index (κ2) is 69.1. The van der Waals surface area contributed by atoms with Crippen LogP contribution in [0.4, 0.5) is 0 Å². The van der Waals surface area contributed by atoms with E-state index in [1.807, 2.05) is 0 Å². The van der Waals surface area contributed by atoms with Crippen molar-refractivity contribution in [3.05, 3.63) is 36.5 Å². The lowest BCUT2D eigenvalue weighted by atomic mass is 10.0. The number of hydrogen-bond acceptors (Lipinski definition) is 6. The minimum absolute atomic E-state index is 0.0722. The fourth-order valence-electron chi connectivity index (χ4n) is 10.9. The van der Waals surface area contributed by atoms with Crippen molar-refractivity contribution >= 4 is 17.9 Å². The Hall–Kier alpha value is -2.37. The maximum absolute atomic E-state index is 12.9. The molecule has 470 valence electrons. The number of ether oxygens (including phenoxy) is 3. The second-order valence-electron chi connectivity index (χ2n) is 24.5. The van der Waals surface area contributed by atoms with Gasteiger partial charge in [-0.15, -0.1) is 0 Å². The predicted molar refractivity (Wildman–Crippen MR) is 349 cm³/mol. The van der Waals surface area contributed by atoms with Crippen LogP contribution in [0.15, 0.2) is 36.5 Å². The zero-order chi connectivity index (χ0) is 57.8. The van der Waals surface area contributed by atoms with Crippen LogP contribution >= 0.6 is 0 Å². The van der Waals surface area contributed by atoms with Crippen LogP contribution < -0.4 is 0 Å². The van der Waals surface area contributed by atoms with Gasteiger partial charge in [0.05, 0.1) is 0 Å². The van der Waals surface area contributed by atoms with Crippen LogP contribution in [0, 0.1) is 0 Å². The van der Waals surface area contributed by atoms with Crippen LogP contribution in [0.3, 0.4) is 0 Å². The van der Waals surface area contributed by atoms with E-state index in [9.17, 15) is 14.4 Å². The van der Waals surface area contributed by atoms with E-state index in [0.717, 1.165) is 77.0 Å². The van der Waals surface area contributed by atoms with Crippen LogP contribution in [-0.2, 0) is 28.6 Å². The lowest BCUT2D eigenvalue weighted by Gasteiger charge is -2.18. The maximum atomic E-state index is 12.9. The molecule has 0 saturated carbocycles. The molecule has 0 saturated heterocycles. The summed E-state index contributed by atoms with van der Waals surface area (Å²) in [7, 11) is 0. The summed E-state index contributed by atoms with van der Waals surface area (Å²) >= 11 is 0. The van der Waals surface area contributed by atoms with Gasteiger partial charge in [-0.3, -0.25) is 14.4 Å². The molecule has 0 fully saturated rings. The standard InChI is InChI=1S/C74H138O6/c1-4-7-10-13-16-19-22-25-27-29-30-31-32-33-34-35-36-37-38-39-40-41-42-43-44-45-47-49-52-55-58-61-64-67-73(76)79-70-71(69-78-72(75)66-63-60-57-54-51-48-24-21-18-15-12-9-6-3)80-74(77)68-65-62-59-56-53-50-46-28-26-23-20-17-14-11-8-5-2/h20,23,28-30,46,71H,4-19,21-22,24-27,31-45,47-70H2,1-3H3/b23-20-,30-29-,46-28-. The third kappa shape index (κ3) is 66.4. The van der Waals surface area contributed by atoms with Crippen LogP contribution in [0.2, 0.25) is 0 Å². The third-order valence-corrected chi connectivity index (χ3v) is 16.4. The topological polar surface area (TPSA) is 78.9 Å². The summed E-state index contributed by atoms with van der Waals surface area (Å²) in [5.74, 6) is -0.859. The fraction of sp³-hybridized carbons (Fsp3) is 0.878. The fourth-order valence-corrected chi connectivity index (χ4v) is 10.9. The molecule has 0 spiro atoms. The van der Waals surface area contributed by atoms with Gasteiger partial charge in [-0.1, -0.05) is 340 Å². The molecule has 1 unspecified atom stereocenters. The highest BCUT2D eigenvalue weighted by Crippen LogP contribution is 2.18. The van der Waals surface area contributed by atoms with E-state index in [-0.39, 0.29) is 31.1 Å². The molecule has 0 aromatic heterocycles. The average molecular weight is 1120 g/mol. The molecule has 0 N–H and O–H groups in total. The minimum Gasteiger partial charge on any atom is -0.462 e. The lowest BCUT2D eigenvalue weighted by Crippen LogP contribution is -2.30. The molecule has 0 radical (unpaired) electrons. The molecular formula is C74H138O6. The second-order valence-corrected chi connectivity index (χ2v) is 24.5. The Labute approximate surface area is 499 Å². The van der Waals surface area contributed by atoms with Crippen molar-refractivity contribution in [2.75, 3.05) is 13.2 Å². The van der Waals surface area contributed by atoms with Gasteiger partial charge in [0.25, 0.3) is 0 Å². The van der Waals surface area contributed by atoms with Gasteiger partial charge >= 0.3 is 17.9 Å². The Kier molecular flexibility index (Phi) is 67.1. The maximum Gasteiger partial charge on any atom is 0.306 e. The molecule has 0 aliphatic rings. The number of carbonyl (C=O) groups is 3. The van der Waals surface area contributed by atoms with Crippen molar-refractivity contribution in [1.82, 2.24) is 0 Å². The number of rotatable bonds is 67. The molecule has 0 aliphatic carbocycles. The summed E-state index contributed by atoms with van der Waals surface area (Å²) < 4.78 is 17.0. The van der Waals surface area contributed by atoms with E-state index in [0.29, 0.717) is 19.3 Å². The van der Waals surface area contributed by atoms with Crippen molar-refractivity contribution in [3.63, 3.8) is 0 Å². The van der Waals surface area contributed by atoms with Gasteiger partial charge < -0.3 is 14.2 Å². The van der Waals surface area contributed by atoms with Crippen LogP contribution in [0.5, 0.6) is 0 Å². The van der Waals surface area contributed by atoms with Crippen molar-refractivity contribution in [3.8, 4) is 0 Å². The highest BCUT2D eigenvalue weighted by Gasteiger charge is 2.19. The molecule has 6 nitrogen and oxygen atoms in total. The van der Waals surface area contributed by atoms with Crippen molar-refractivity contribution in [2.24, 2.45) is 0 Å². The summed E-state index contributed by atoms with van der Waals surface area (Å²) in [6, 6.07) is 0. The molecule has 0 aromatic carbocycles. The van der Waals surface area contributed by atoms with Gasteiger partial charge in [-0.25, -0.2) is 0 Å². The normalized spacial score (nSPS) is 12.2. The first kappa shape index (κ1) is 77.6. The number of hydrogen-bond donors (Lipinski definition) is 0. The summed E-state index contributed by atoms with van der Waals surface area (Å²) in [4.78, 5) is 38.3. The Balaban J connectivity index is 4.10. The van der Waals surface area contributed by atoms with Gasteiger partial charge in [-0.2, -0.15) is 0 Å². The smallest absolute Gasteiger partial charge is 0.306 e. The molecule has 0 amide bonds. The quantitative estimate of drug-likeness (QED) is 0.0261. The summed E-state index contributed by atoms with van der Waals surface area (Å²) in [5.41, 5.74) is 0. The minimum atomic E-state index is -0.776. The van der Waals surface area contributed by atoms with Gasteiger partial charge in [0, 0.05) is 19.3 Å². The first-order valence-corrected chi connectivity index (χ1v) is 36.0. The summed E-state index contributed by atoms with van der Waals surface area (Å²) in [6.45, 7) is 6.68. The van der Waals surface area contributed by atoms with E-state index in [2.05, 4.69) is 57.2 Å². The molecule has 0 heterocycles. The number of esters is 3. The van der Waals surface area contributed by atoms with Gasteiger partial charge in [0.15, 0.2) is 6.10 Å². The zero-order valence-electron chi connectivity index (χ0n) is 54.1. The van der Waals surface area contributed by atoms with Gasteiger partial charge in [0.1, 0.15) is 13.2 Å². The molecule has 6 heteroatoms. The van der Waals surface area contributed by atoms with Crippen LogP contribution in [0.25, 0.3) is 0 Å². The molecule has 0 aromatic rings. The number of allylic oxidation sites excluding steroid dienone is 6. The van der Waals surface area contributed by atoms with Gasteiger partial charge in [0.2, 0.25) is 0 Å². The zero-order valence-corrected chi connectivity index (χ0v) is 54.1. The highest BCUT2D eigenvalue weighted by molar-refractivity contribution is 5.71. The van der Waals surface area contributed by atoms with Crippen molar-refractivity contribution in [2.45, 2.75) is 406 Å². The lowest BCUT2D eigenvalue weighted by molar-refractivity contribution is -0.167. The summed E-state index contributed by atoms with van der Waals surface area (Å²) in [6.07, 6.45) is 86.2. The molecule has 0 bridgehead atoms. The molecule has 80 heavy (non-hydrogen) atoms. The molecule has 1 atom stereocenters. The summed E-state index contributed by atoms with van der Waals surface area (Å²) in [5, 5.41) is 0. The van der Waals surface area contributed by atoms with E-state index < -0.39 is 6.10 Å². The van der Waals surface area contributed by atoms with Crippen LogP contribution in [-0.4, -0.2) is 37.2 Å². The van der Waals surface area contributed by atoms with E-state index in [1.165, 1.54) is 283 Å². The number of unbranched alkanes of at least 4 members (excludes halogenated alkanes) is 50. The predicted octanol–water partition coefficient (Wildman–Crippen LogP) is 24.7. The number of carbonyl (C=O) groups excluding carboxylic acids is 3. The van der Waals surface area contributed by atoms with E-state index >= 15 is 0 Å². The monoisotopic (exact) mass is 1120 g/mol. The largest absolute Gasteiger partial charge is 0.462 e. The van der Waals surface area contributed by atoms with E-state index in [1.54, 1.807) is 0 Å². The average Bonchev–Trinajstić information content (AvgIpc) is 3.46. The molecular weight excluding hydrogens is 985 g/mol. The Morgan fingerprint density at radius 1 is 0.250 bits per heavy atom. The SMILES string of the molecule is CCCCCC/C=C\C/C=C\CCCCCCCC(=O)OC(COC(=O)CCCCCCCCCCCCCCC)COC(=O)CCCCCCCCCCCCCCCCCCCCCCC/C=C\CCCCCCCCCC. The molecule has 0 rings (SSSR count). The van der Waals surface area contributed by atoms with Gasteiger partial charge in [-0.05, 0) is 77.0 Å². The first-order chi connectivity index (χ1) is 39.5. The Morgan fingerprint density at radius 3 is 0.713 bits per heavy atom. The van der Waals surface area contributed by atoms with E-state index in [4.69, 9.17) is 14.2 Å². The third-order valence-electron chi connectivity index (χ3n) is 16.4. The Bertz CT molecular complexity index is 1340. The van der Waals surface area contributed by atoms with Crippen molar-refractivity contribution in [1.29, 1.82) is 0 Å². The Morgan fingerprint density at radius 2 is 0.450 bits per heavy atom.